The average molecular weight is 221 g/mol. The van der Waals surface area contributed by atoms with Crippen molar-refractivity contribution in [2.24, 2.45) is 0 Å². The van der Waals surface area contributed by atoms with Crippen molar-refractivity contribution in [1.29, 1.82) is 5.26 Å². The Balaban J connectivity index is 3.15. The lowest BCUT2D eigenvalue weighted by Crippen LogP contribution is -2.09. The molecular weight excluding hydrogens is 217 g/mol. The Bertz CT molecular complexity index is 381. The van der Waals surface area contributed by atoms with Crippen molar-refractivity contribution in [1.82, 2.24) is 4.98 Å². The summed E-state index contributed by atoms with van der Waals surface area (Å²) in [7, 11) is 0. The lowest BCUT2D eigenvalue weighted by molar-refractivity contribution is -0.141. The molecule has 2 nitrogen and oxygen atoms in total. The molecule has 0 atom stereocenters. The smallest absolute Gasteiger partial charge is 0.247 e. The van der Waals surface area contributed by atoms with Crippen LogP contribution < -0.4 is 0 Å². The van der Waals surface area contributed by atoms with Gasteiger partial charge in [-0.05, 0) is 12.1 Å². The summed E-state index contributed by atoms with van der Waals surface area (Å²) in [5, 5.41) is 8.22. The normalized spacial score (nSPS) is 11.1. The Labute approximate surface area is 82.9 Å². The molecule has 0 aliphatic rings. The Morgan fingerprint density at radius 3 is 2.57 bits per heavy atom. The zero-order valence-electron chi connectivity index (χ0n) is 6.77. The average Bonchev–Trinajstić information content (AvgIpc) is 2.02. The molecule has 0 spiro atoms. The van der Waals surface area contributed by atoms with Gasteiger partial charge in [-0.3, -0.25) is 0 Å². The largest absolute Gasteiger partial charge is 0.433 e. The number of nitriles is 1. The van der Waals surface area contributed by atoms with E-state index in [4.69, 9.17) is 16.9 Å². The van der Waals surface area contributed by atoms with E-state index in [2.05, 4.69) is 4.98 Å². The van der Waals surface area contributed by atoms with E-state index in [9.17, 15) is 13.2 Å². The van der Waals surface area contributed by atoms with E-state index in [1.165, 1.54) is 6.07 Å². The van der Waals surface area contributed by atoms with E-state index in [-0.39, 0.29) is 17.1 Å². The van der Waals surface area contributed by atoms with Crippen molar-refractivity contribution in [2.75, 3.05) is 0 Å². The fourth-order valence-corrected chi connectivity index (χ4v) is 1.10. The number of hydrogen-bond donors (Lipinski definition) is 0. The van der Waals surface area contributed by atoms with Gasteiger partial charge in [0.2, 0.25) is 0 Å². The Morgan fingerprint density at radius 2 is 2.07 bits per heavy atom. The summed E-state index contributed by atoms with van der Waals surface area (Å²) in [5.74, 6) is 0. The van der Waals surface area contributed by atoms with Crippen LogP contribution >= 0.6 is 11.6 Å². The number of rotatable bonds is 1. The maximum atomic E-state index is 12.2. The Morgan fingerprint density at radius 1 is 1.43 bits per heavy atom. The van der Waals surface area contributed by atoms with Gasteiger partial charge >= 0.3 is 6.18 Å². The first-order valence-corrected chi connectivity index (χ1v) is 3.92. The lowest BCUT2D eigenvalue weighted by Gasteiger charge is -2.06. The van der Waals surface area contributed by atoms with Gasteiger partial charge in [0.1, 0.15) is 5.69 Å². The molecule has 1 aromatic heterocycles. The molecule has 0 bridgehead atoms. The van der Waals surface area contributed by atoms with E-state index in [0.717, 1.165) is 6.07 Å². The molecule has 1 rings (SSSR count). The van der Waals surface area contributed by atoms with Crippen LogP contribution in [0.25, 0.3) is 0 Å². The summed E-state index contributed by atoms with van der Waals surface area (Å²) >= 11 is 5.44. The van der Waals surface area contributed by atoms with E-state index < -0.39 is 11.9 Å². The summed E-state index contributed by atoms with van der Waals surface area (Å²) in [6.07, 6.45) is -4.72. The Kier molecular flexibility index (Phi) is 2.96. The van der Waals surface area contributed by atoms with Crippen LogP contribution in [0, 0.1) is 11.3 Å². The molecule has 0 aromatic carbocycles. The second kappa shape index (κ2) is 3.84. The third kappa shape index (κ3) is 2.60. The van der Waals surface area contributed by atoms with Gasteiger partial charge in [0, 0.05) is 5.02 Å². The van der Waals surface area contributed by atoms with Crippen LogP contribution in [0.3, 0.4) is 0 Å². The number of aromatic nitrogens is 1. The van der Waals surface area contributed by atoms with Crippen molar-refractivity contribution in [3.8, 4) is 6.07 Å². The summed E-state index contributed by atoms with van der Waals surface area (Å²) in [6.45, 7) is 0. The minimum Gasteiger partial charge on any atom is -0.247 e. The van der Waals surface area contributed by atoms with Crippen LogP contribution in [0.5, 0.6) is 0 Å². The monoisotopic (exact) mass is 220 g/mol. The second-order valence-electron chi connectivity index (χ2n) is 2.49. The molecule has 74 valence electrons. The third-order valence-electron chi connectivity index (χ3n) is 1.39. The van der Waals surface area contributed by atoms with Crippen LogP contribution in [-0.2, 0) is 12.6 Å². The molecular formula is C8H4ClF3N2. The number of nitrogens with zero attached hydrogens (tertiary/aromatic N) is 2. The molecule has 1 heterocycles. The van der Waals surface area contributed by atoms with E-state index in [0.29, 0.717) is 0 Å². The van der Waals surface area contributed by atoms with Gasteiger partial charge in [-0.2, -0.15) is 18.4 Å². The Hall–Kier alpha value is -1.28. The molecule has 14 heavy (non-hydrogen) atoms. The van der Waals surface area contributed by atoms with E-state index in [1.54, 1.807) is 6.07 Å². The molecule has 6 heteroatoms. The van der Waals surface area contributed by atoms with Crippen molar-refractivity contribution >= 4 is 11.6 Å². The minimum atomic E-state index is -4.53. The molecule has 0 radical (unpaired) electrons. The molecule has 1 aromatic rings. The first-order chi connectivity index (χ1) is 6.43. The summed E-state index contributed by atoms with van der Waals surface area (Å²) in [6, 6.07) is 3.66. The maximum absolute atomic E-state index is 12.2. The summed E-state index contributed by atoms with van der Waals surface area (Å²) < 4.78 is 36.6. The molecule has 0 saturated heterocycles. The number of halogens is 4. The highest BCUT2D eigenvalue weighted by Gasteiger charge is 2.33. The molecule has 0 fully saturated rings. The van der Waals surface area contributed by atoms with Gasteiger partial charge in [-0.1, -0.05) is 11.6 Å². The van der Waals surface area contributed by atoms with Gasteiger partial charge in [-0.25, -0.2) is 4.98 Å². The predicted molar refractivity (Wildman–Crippen MR) is 43.6 cm³/mol. The highest BCUT2D eigenvalue weighted by atomic mass is 35.5. The van der Waals surface area contributed by atoms with Crippen molar-refractivity contribution in [2.45, 2.75) is 12.6 Å². The molecule has 0 saturated carbocycles. The summed E-state index contributed by atoms with van der Waals surface area (Å²) in [4.78, 5) is 3.26. The topological polar surface area (TPSA) is 36.7 Å². The lowest BCUT2D eigenvalue weighted by atomic mass is 10.2. The highest BCUT2D eigenvalue weighted by Crippen LogP contribution is 2.29. The van der Waals surface area contributed by atoms with Crippen LogP contribution in [0.2, 0.25) is 5.02 Å². The first-order valence-electron chi connectivity index (χ1n) is 3.54. The number of hydrogen-bond acceptors (Lipinski definition) is 2. The van der Waals surface area contributed by atoms with Crippen molar-refractivity contribution in [3.63, 3.8) is 0 Å². The first kappa shape index (κ1) is 10.8. The maximum Gasteiger partial charge on any atom is 0.433 e. The summed E-state index contributed by atoms with van der Waals surface area (Å²) in [5.41, 5.74) is -1.05. The number of alkyl halides is 3. The molecule has 0 aliphatic heterocycles. The zero-order valence-corrected chi connectivity index (χ0v) is 7.52. The molecule has 0 unspecified atom stereocenters. The van der Waals surface area contributed by atoms with Crippen LogP contribution in [-0.4, -0.2) is 4.98 Å². The highest BCUT2D eigenvalue weighted by molar-refractivity contribution is 6.30. The van der Waals surface area contributed by atoms with Gasteiger partial charge in [-0.15, -0.1) is 0 Å². The van der Waals surface area contributed by atoms with Crippen LogP contribution in [0.4, 0.5) is 13.2 Å². The molecule has 0 aliphatic carbocycles. The third-order valence-corrected chi connectivity index (χ3v) is 1.61. The second-order valence-corrected chi connectivity index (χ2v) is 2.93. The van der Waals surface area contributed by atoms with Crippen molar-refractivity contribution in [3.05, 3.63) is 28.5 Å². The molecule has 0 N–H and O–H groups in total. The SMILES string of the molecule is N#CCc1cc(Cl)cc(C(F)(F)F)n1. The minimum absolute atomic E-state index is 0.0207. The van der Waals surface area contributed by atoms with Gasteiger partial charge in [0.15, 0.2) is 0 Å². The standard InChI is InChI=1S/C8H4ClF3N2/c9-5-3-6(1-2-13)14-7(4-5)8(10,11)12/h3-4H,1H2. The van der Waals surface area contributed by atoms with Gasteiger partial charge < -0.3 is 0 Å². The number of pyridine rings is 1. The quantitative estimate of drug-likeness (QED) is 0.730. The fourth-order valence-electron chi connectivity index (χ4n) is 0.867. The van der Waals surface area contributed by atoms with Crippen LogP contribution in [0.15, 0.2) is 12.1 Å². The predicted octanol–water partition coefficient (Wildman–Crippen LogP) is 2.82. The van der Waals surface area contributed by atoms with Crippen LogP contribution in [0.1, 0.15) is 11.4 Å². The zero-order chi connectivity index (χ0) is 10.8. The van der Waals surface area contributed by atoms with Gasteiger partial charge in [0.05, 0.1) is 18.2 Å². The van der Waals surface area contributed by atoms with E-state index in [1.807, 2.05) is 0 Å². The van der Waals surface area contributed by atoms with E-state index >= 15 is 0 Å². The van der Waals surface area contributed by atoms with Crippen molar-refractivity contribution < 1.29 is 13.2 Å². The van der Waals surface area contributed by atoms with Gasteiger partial charge in [0.25, 0.3) is 0 Å². The molecule has 0 amide bonds. The fraction of sp³-hybridized carbons (Fsp3) is 0.250.